The molecule has 1 amide bonds. The van der Waals surface area contributed by atoms with Crippen LogP contribution in [0.1, 0.15) is 70.7 Å². The maximum absolute atomic E-state index is 12.2. The fraction of sp³-hybridized carbons (Fsp3) is 0.609. The molecule has 1 aromatic rings. The molecule has 1 aromatic carbocycles. The zero-order chi connectivity index (χ0) is 22.2. The molecule has 0 unspecified atom stereocenters. The molecule has 1 fully saturated rings. The number of hydrogen-bond donors (Lipinski definition) is 1. The molecule has 0 aromatic heterocycles. The van der Waals surface area contributed by atoms with Gasteiger partial charge in [0.1, 0.15) is 5.60 Å². The highest BCUT2D eigenvalue weighted by Crippen LogP contribution is 2.39. The van der Waals surface area contributed by atoms with E-state index in [1.165, 1.54) is 16.7 Å². The van der Waals surface area contributed by atoms with Crippen molar-refractivity contribution < 1.29 is 18.8 Å². The van der Waals surface area contributed by atoms with Crippen molar-refractivity contribution in [1.82, 2.24) is 5.32 Å². The van der Waals surface area contributed by atoms with E-state index in [2.05, 4.69) is 44.3 Å². The van der Waals surface area contributed by atoms with Crippen LogP contribution in [0.25, 0.3) is 6.08 Å². The molecule has 1 saturated heterocycles. The summed E-state index contributed by atoms with van der Waals surface area (Å²) in [5.41, 5.74) is 4.07. The highest BCUT2D eigenvalue weighted by Gasteiger charge is 2.52. The van der Waals surface area contributed by atoms with Crippen molar-refractivity contribution in [3.8, 4) is 0 Å². The van der Waals surface area contributed by atoms with Crippen LogP contribution in [0.5, 0.6) is 0 Å². The third-order valence-electron chi connectivity index (χ3n) is 5.46. The predicted molar refractivity (Wildman–Crippen MR) is 119 cm³/mol. The van der Waals surface area contributed by atoms with Crippen LogP contribution in [0.3, 0.4) is 0 Å². The van der Waals surface area contributed by atoms with Gasteiger partial charge >= 0.3 is 13.2 Å². The van der Waals surface area contributed by atoms with Gasteiger partial charge in [0.05, 0.1) is 11.2 Å². The average molecular weight is 401 g/mol. The zero-order valence-corrected chi connectivity index (χ0v) is 19.6. The molecule has 1 N–H and O–H groups in total. The molecule has 2 rings (SSSR count). The third-order valence-corrected chi connectivity index (χ3v) is 5.46. The quantitative estimate of drug-likeness (QED) is 0.709. The second kappa shape index (κ2) is 8.15. The van der Waals surface area contributed by atoms with E-state index in [0.29, 0.717) is 0 Å². The Kier molecular flexibility index (Phi) is 6.60. The number of hydrogen-bond acceptors (Lipinski definition) is 4. The van der Waals surface area contributed by atoms with E-state index >= 15 is 0 Å². The molecule has 6 heteroatoms. The van der Waals surface area contributed by atoms with Gasteiger partial charge in [-0.25, -0.2) is 4.79 Å². The van der Waals surface area contributed by atoms with Crippen LogP contribution in [-0.4, -0.2) is 36.6 Å². The van der Waals surface area contributed by atoms with E-state index in [9.17, 15) is 4.79 Å². The summed E-state index contributed by atoms with van der Waals surface area (Å²) in [5, 5.41) is 2.85. The van der Waals surface area contributed by atoms with Crippen molar-refractivity contribution in [2.24, 2.45) is 0 Å². The summed E-state index contributed by atoms with van der Waals surface area (Å²) in [6, 6.07) is 4.31. The maximum atomic E-state index is 12.2. The second-order valence-electron chi connectivity index (χ2n) is 9.98. The molecule has 1 heterocycles. The Labute approximate surface area is 176 Å². The summed E-state index contributed by atoms with van der Waals surface area (Å²) in [6.07, 6.45) is 1.61. The summed E-state index contributed by atoms with van der Waals surface area (Å²) in [6.45, 7) is 20.2. The Morgan fingerprint density at radius 3 is 2.00 bits per heavy atom. The normalized spacial score (nSPS) is 18.7. The van der Waals surface area contributed by atoms with Crippen molar-refractivity contribution in [3.05, 3.63) is 39.9 Å². The standard InChI is InChI=1S/C23H36BNO4/c1-15-11-16(2)19(17(3)12-15)13-18(14-25-20(26)27-21(4,5)6)24-28-22(7,8)23(9,10)29-24/h11-13H,14H2,1-10H3,(H,25,26). The highest BCUT2D eigenvalue weighted by molar-refractivity contribution is 6.56. The lowest BCUT2D eigenvalue weighted by Gasteiger charge is -2.32. The lowest BCUT2D eigenvalue weighted by atomic mass is 9.76. The monoisotopic (exact) mass is 401 g/mol. The first-order valence-corrected chi connectivity index (χ1v) is 10.2. The SMILES string of the molecule is Cc1cc(C)c(C=C(CNC(=O)OC(C)(C)C)B2OC(C)(C)C(C)(C)O2)c(C)c1. The number of alkyl carbamates (subject to hydrolysis) is 1. The van der Waals surface area contributed by atoms with Gasteiger partial charge in [-0.15, -0.1) is 0 Å². The van der Waals surface area contributed by atoms with Crippen molar-refractivity contribution in [3.63, 3.8) is 0 Å². The largest absolute Gasteiger partial charge is 0.492 e. The number of carbonyl (C=O) groups is 1. The Balaban J connectivity index is 2.36. The van der Waals surface area contributed by atoms with E-state index in [0.717, 1.165) is 11.0 Å². The summed E-state index contributed by atoms with van der Waals surface area (Å²) in [4.78, 5) is 12.2. The van der Waals surface area contributed by atoms with Crippen LogP contribution >= 0.6 is 0 Å². The zero-order valence-electron chi connectivity index (χ0n) is 19.6. The molecule has 29 heavy (non-hydrogen) atoms. The minimum Gasteiger partial charge on any atom is -0.444 e. The molecule has 160 valence electrons. The third kappa shape index (κ3) is 5.86. The Morgan fingerprint density at radius 1 is 1.07 bits per heavy atom. The molecule has 0 atom stereocenters. The topological polar surface area (TPSA) is 56.8 Å². The Morgan fingerprint density at radius 2 is 1.55 bits per heavy atom. The summed E-state index contributed by atoms with van der Waals surface area (Å²) in [5.74, 6) is 0. The van der Waals surface area contributed by atoms with Crippen LogP contribution in [-0.2, 0) is 14.0 Å². The lowest BCUT2D eigenvalue weighted by Crippen LogP contribution is -2.41. The van der Waals surface area contributed by atoms with Crippen LogP contribution in [0, 0.1) is 20.8 Å². The van der Waals surface area contributed by atoms with Gasteiger partial charge in [0.25, 0.3) is 0 Å². The number of amides is 1. The van der Waals surface area contributed by atoms with Gasteiger partial charge in [0.15, 0.2) is 0 Å². The molecule has 0 aliphatic carbocycles. The first-order chi connectivity index (χ1) is 13.1. The maximum Gasteiger partial charge on any atom is 0.492 e. The van der Waals surface area contributed by atoms with Gasteiger partial charge in [0, 0.05) is 6.54 Å². The van der Waals surface area contributed by atoms with E-state index < -0.39 is 30.0 Å². The number of benzene rings is 1. The summed E-state index contributed by atoms with van der Waals surface area (Å²) < 4.78 is 17.9. The molecule has 1 aliphatic rings. The summed E-state index contributed by atoms with van der Waals surface area (Å²) >= 11 is 0. The molecule has 0 radical (unpaired) electrons. The van der Waals surface area contributed by atoms with Gasteiger partial charge in [-0.3, -0.25) is 0 Å². The van der Waals surface area contributed by atoms with Crippen LogP contribution in [0.4, 0.5) is 4.79 Å². The van der Waals surface area contributed by atoms with Gasteiger partial charge in [-0.1, -0.05) is 23.8 Å². The number of rotatable bonds is 4. The fourth-order valence-corrected chi connectivity index (χ4v) is 3.29. The van der Waals surface area contributed by atoms with E-state index in [-0.39, 0.29) is 6.54 Å². The number of carbonyl (C=O) groups excluding carboxylic acids is 1. The van der Waals surface area contributed by atoms with E-state index in [4.69, 9.17) is 14.0 Å². The first-order valence-electron chi connectivity index (χ1n) is 10.2. The summed E-state index contributed by atoms with van der Waals surface area (Å²) in [7, 11) is -0.546. The van der Waals surface area contributed by atoms with Crippen molar-refractivity contribution in [2.45, 2.75) is 86.0 Å². The Bertz CT molecular complexity index is 767. The number of nitrogens with one attached hydrogen (secondary N) is 1. The van der Waals surface area contributed by atoms with Crippen LogP contribution < -0.4 is 5.32 Å². The van der Waals surface area contributed by atoms with Gasteiger partial charge in [-0.05, 0) is 91.4 Å². The predicted octanol–water partition coefficient (Wildman–Crippen LogP) is 5.15. The van der Waals surface area contributed by atoms with Crippen molar-refractivity contribution >= 4 is 19.3 Å². The molecule has 1 aliphatic heterocycles. The average Bonchev–Trinajstić information content (AvgIpc) is 2.71. The molecular weight excluding hydrogens is 365 g/mol. The van der Waals surface area contributed by atoms with Crippen LogP contribution in [0.15, 0.2) is 17.6 Å². The number of aryl methyl sites for hydroxylation is 3. The van der Waals surface area contributed by atoms with Gasteiger partial charge in [-0.2, -0.15) is 0 Å². The van der Waals surface area contributed by atoms with Crippen LogP contribution in [0.2, 0.25) is 0 Å². The number of ether oxygens (including phenoxy) is 1. The minimum absolute atomic E-state index is 0.276. The Hall–Kier alpha value is -1.79. The molecule has 0 bridgehead atoms. The molecule has 5 nitrogen and oxygen atoms in total. The van der Waals surface area contributed by atoms with Gasteiger partial charge < -0.3 is 19.4 Å². The van der Waals surface area contributed by atoms with Crippen molar-refractivity contribution in [2.75, 3.05) is 6.54 Å². The smallest absolute Gasteiger partial charge is 0.444 e. The molecular formula is C23H36BNO4. The highest BCUT2D eigenvalue weighted by atomic mass is 16.7. The first kappa shape index (κ1) is 23.5. The lowest BCUT2D eigenvalue weighted by molar-refractivity contribution is 0.00578. The van der Waals surface area contributed by atoms with Crippen molar-refractivity contribution in [1.29, 1.82) is 0 Å². The van der Waals surface area contributed by atoms with E-state index in [1.54, 1.807) is 0 Å². The van der Waals surface area contributed by atoms with Gasteiger partial charge in [0.2, 0.25) is 0 Å². The van der Waals surface area contributed by atoms with E-state index in [1.807, 2.05) is 48.5 Å². The molecule has 0 spiro atoms. The fourth-order valence-electron chi connectivity index (χ4n) is 3.29. The second-order valence-corrected chi connectivity index (χ2v) is 9.98. The molecule has 0 saturated carbocycles. The minimum atomic E-state index is -0.553.